The summed E-state index contributed by atoms with van der Waals surface area (Å²) in [5.74, 6) is -0.158. The highest BCUT2D eigenvalue weighted by Gasteiger charge is 2.16. The number of aromatic nitrogens is 2. The Kier molecular flexibility index (Phi) is 4.76. The number of imidazole rings is 1. The first-order valence-corrected chi connectivity index (χ1v) is 8.88. The summed E-state index contributed by atoms with van der Waals surface area (Å²) in [7, 11) is 4.00. The monoisotopic (exact) mass is 340 g/mol. The first-order valence-electron chi connectivity index (χ1n) is 7.65. The minimum Gasteiger partial charge on any atom is -0.378 e. The van der Waals surface area contributed by atoms with Crippen LogP contribution < -0.4 is 10.2 Å². The van der Waals surface area contributed by atoms with Crippen LogP contribution in [0.4, 0.5) is 5.69 Å². The summed E-state index contributed by atoms with van der Waals surface area (Å²) in [6, 6.07) is 13.9. The van der Waals surface area contributed by atoms with Gasteiger partial charge in [-0.1, -0.05) is 30.0 Å². The maximum absolute atomic E-state index is 12.6. The van der Waals surface area contributed by atoms with Gasteiger partial charge in [0.05, 0.1) is 5.52 Å². The molecule has 1 N–H and O–H groups in total. The molecule has 1 amide bonds. The van der Waals surface area contributed by atoms with Crippen molar-refractivity contribution in [1.82, 2.24) is 14.7 Å². The average Bonchev–Trinajstić information content (AvgIpc) is 2.99. The number of rotatable bonds is 5. The third-order valence-electron chi connectivity index (χ3n) is 3.79. The normalized spacial score (nSPS) is 10.8. The van der Waals surface area contributed by atoms with Crippen molar-refractivity contribution in [3.63, 3.8) is 0 Å². The highest BCUT2D eigenvalue weighted by Crippen LogP contribution is 2.20. The summed E-state index contributed by atoms with van der Waals surface area (Å²) in [4.78, 5) is 19.1. The molecule has 0 radical (unpaired) electrons. The van der Waals surface area contributed by atoms with Gasteiger partial charge < -0.3 is 10.2 Å². The lowest BCUT2D eigenvalue weighted by atomic mass is 10.2. The molecule has 0 unspecified atom stereocenters. The smallest absolute Gasteiger partial charge is 0.272 e. The second-order valence-electron chi connectivity index (χ2n) is 5.65. The Balaban J connectivity index is 1.80. The Morgan fingerprint density at radius 1 is 1.25 bits per heavy atom. The van der Waals surface area contributed by atoms with Crippen LogP contribution in [0.3, 0.4) is 0 Å². The molecule has 0 fully saturated rings. The van der Waals surface area contributed by atoms with E-state index in [2.05, 4.69) is 16.4 Å². The molecular formula is C18H20N4OS. The minimum absolute atomic E-state index is 0.158. The van der Waals surface area contributed by atoms with Gasteiger partial charge in [-0.25, -0.2) is 4.98 Å². The van der Waals surface area contributed by atoms with Gasteiger partial charge in [0.25, 0.3) is 5.91 Å². The van der Waals surface area contributed by atoms with Crippen LogP contribution in [-0.2, 0) is 6.54 Å². The zero-order chi connectivity index (χ0) is 17.1. The first kappa shape index (κ1) is 16.4. The van der Waals surface area contributed by atoms with Crippen molar-refractivity contribution in [2.24, 2.45) is 0 Å². The SMILES string of the molecule is CSc1nc(C(=O)NCc2cccc(N(C)C)c2)c2ccccn12. The maximum atomic E-state index is 12.6. The lowest BCUT2D eigenvalue weighted by molar-refractivity contribution is 0.0947. The van der Waals surface area contributed by atoms with Crippen molar-refractivity contribution in [3.05, 3.63) is 59.9 Å². The average molecular weight is 340 g/mol. The van der Waals surface area contributed by atoms with E-state index in [4.69, 9.17) is 0 Å². The Morgan fingerprint density at radius 3 is 2.83 bits per heavy atom. The molecule has 0 saturated heterocycles. The van der Waals surface area contributed by atoms with E-state index >= 15 is 0 Å². The second-order valence-corrected chi connectivity index (χ2v) is 6.42. The molecule has 0 saturated carbocycles. The van der Waals surface area contributed by atoms with Crippen LogP contribution in [0.15, 0.2) is 53.8 Å². The largest absolute Gasteiger partial charge is 0.378 e. The predicted octanol–water partition coefficient (Wildman–Crippen LogP) is 3.05. The third-order valence-corrected chi connectivity index (χ3v) is 4.45. The molecule has 2 aromatic heterocycles. The number of nitrogens with zero attached hydrogens (tertiary/aromatic N) is 3. The molecule has 0 spiro atoms. The number of hydrogen-bond donors (Lipinski definition) is 1. The molecule has 5 nitrogen and oxygen atoms in total. The van der Waals surface area contributed by atoms with E-state index in [0.29, 0.717) is 12.2 Å². The summed E-state index contributed by atoms with van der Waals surface area (Å²) in [6.45, 7) is 0.473. The number of amides is 1. The summed E-state index contributed by atoms with van der Waals surface area (Å²) in [6.07, 6.45) is 3.88. The number of hydrogen-bond acceptors (Lipinski definition) is 4. The Hall–Kier alpha value is -2.47. The highest BCUT2D eigenvalue weighted by atomic mass is 32.2. The van der Waals surface area contributed by atoms with Gasteiger partial charge in [-0.05, 0) is 36.1 Å². The molecule has 0 aliphatic carbocycles. The van der Waals surface area contributed by atoms with Crippen LogP contribution in [0.5, 0.6) is 0 Å². The van der Waals surface area contributed by atoms with Gasteiger partial charge in [-0.15, -0.1) is 0 Å². The summed E-state index contributed by atoms with van der Waals surface area (Å²) < 4.78 is 1.94. The summed E-state index contributed by atoms with van der Waals surface area (Å²) in [5.41, 5.74) is 3.45. The van der Waals surface area contributed by atoms with E-state index in [0.717, 1.165) is 21.9 Å². The number of pyridine rings is 1. The molecule has 0 aliphatic heterocycles. The molecule has 0 aliphatic rings. The van der Waals surface area contributed by atoms with Crippen LogP contribution in [0.1, 0.15) is 16.1 Å². The maximum Gasteiger partial charge on any atom is 0.272 e. The van der Waals surface area contributed by atoms with Crippen molar-refractivity contribution in [2.45, 2.75) is 11.7 Å². The molecule has 0 atom stereocenters. The van der Waals surface area contributed by atoms with Crippen molar-refractivity contribution in [1.29, 1.82) is 0 Å². The first-order chi connectivity index (χ1) is 11.6. The third kappa shape index (κ3) is 3.23. The van der Waals surface area contributed by atoms with Gasteiger partial charge in [0, 0.05) is 32.5 Å². The van der Waals surface area contributed by atoms with Gasteiger partial charge in [-0.2, -0.15) is 0 Å². The molecular weight excluding hydrogens is 320 g/mol. The van der Waals surface area contributed by atoms with E-state index in [1.54, 1.807) is 0 Å². The summed E-state index contributed by atoms with van der Waals surface area (Å²) >= 11 is 1.52. The zero-order valence-electron chi connectivity index (χ0n) is 14.0. The standard InChI is InChI=1S/C18H20N4OS/c1-21(2)14-8-6-7-13(11-14)12-19-17(23)16-15-9-4-5-10-22(15)18(20-16)24-3/h4-11H,12H2,1-3H3,(H,19,23). The van der Waals surface area contributed by atoms with Gasteiger partial charge in [0.2, 0.25) is 0 Å². The predicted molar refractivity (Wildman–Crippen MR) is 98.9 cm³/mol. The van der Waals surface area contributed by atoms with Gasteiger partial charge in [-0.3, -0.25) is 9.20 Å². The molecule has 124 valence electrons. The number of anilines is 1. The number of fused-ring (bicyclic) bond motifs is 1. The van der Waals surface area contributed by atoms with Crippen LogP contribution in [0.2, 0.25) is 0 Å². The minimum atomic E-state index is -0.158. The number of carbonyl (C=O) groups excluding carboxylic acids is 1. The van der Waals surface area contributed by atoms with Gasteiger partial charge >= 0.3 is 0 Å². The van der Waals surface area contributed by atoms with Crippen LogP contribution in [0.25, 0.3) is 5.52 Å². The zero-order valence-corrected chi connectivity index (χ0v) is 14.8. The van der Waals surface area contributed by atoms with E-state index < -0.39 is 0 Å². The molecule has 0 bridgehead atoms. The van der Waals surface area contributed by atoms with Gasteiger partial charge in [0.15, 0.2) is 10.9 Å². The van der Waals surface area contributed by atoms with Gasteiger partial charge in [0.1, 0.15) is 0 Å². The highest BCUT2D eigenvalue weighted by molar-refractivity contribution is 7.98. The molecule has 1 aromatic carbocycles. The Bertz CT molecular complexity index is 872. The molecule has 6 heteroatoms. The molecule has 3 rings (SSSR count). The molecule has 3 aromatic rings. The number of thioether (sulfide) groups is 1. The van der Waals surface area contributed by atoms with Crippen molar-refractivity contribution in [3.8, 4) is 0 Å². The van der Waals surface area contributed by atoms with E-state index in [-0.39, 0.29) is 5.91 Å². The number of benzene rings is 1. The van der Waals surface area contributed by atoms with Crippen molar-refractivity contribution < 1.29 is 4.79 Å². The van der Waals surface area contributed by atoms with Crippen molar-refractivity contribution >= 4 is 28.9 Å². The van der Waals surface area contributed by atoms with E-state index in [9.17, 15) is 4.79 Å². The van der Waals surface area contributed by atoms with Crippen LogP contribution >= 0.6 is 11.8 Å². The van der Waals surface area contributed by atoms with E-state index in [1.165, 1.54) is 11.8 Å². The second kappa shape index (κ2) is 6.97. The van der Waals surface area contributed by atoms with Crippen molar-refractivity contribution in [2.75, 3.05) is 25.3 Å². The lowest BCUT2D eigenvalue weighted by Gasteiger charge is -2.13. The number of carbonyl (C=O) groups is 1. The fraction of sp³-hybridized carbons (Fsp3) is 0.222. The van der Waals surface area contributed by atoms with Crippen LogP contribution in [0, 0.1) is 0 Å². The quantitative estimate of drug-likeness (QED) is 0.725. The number of nitrogens with one attached hydrogen (secondary N) is 1. The Labute approximate surface area is 145 Å². The van der Waals surface area contributed by atoms with Crippen LogP contribution in [-0.4, -0.2) is 35.6 Å². The topological polar surface area (TPSA) is 49.6 Å². The summed E-state index contributed by atoms with van der Waals surface area (Å²) in [5, 5.41) is 3.78. The fourth-order valence-corrected chi connectivity index (χ4v) is 3.07. The van der Waals surface area contributed by atoms with E-state index in [1.807, 2.05) is 72.2 Å². The molecule has 24 heavy (non-hydrogen) atoms. The Morgan fingerprint density at radius 2 is 2.08 bits per heavy atom. The fourth-order valence-electron chi connectivity index (χ4n) is 2.53. The lowest BCUT2D eigenvalue weighted by Crippen LogP contribution is -2.23. The molecule has 2 heterocycles.